The number of aldehydes is 1. The number of hydrogen-bond acceptors (Lipinski definition) is 5. The van der Waals surface area contributed by atoms with Crippen molar-refractivity contribution in [3.63, 3.8) is 0 Å². The molecule has 5 aromatic rings. The molecule has 7 nitrogen and oxygen atoms in total. The normalized spacial score (nSPS) is 13.3. The van der Waals surface area contributed by atoms with Gasteiger partial charge in [-0.15, -0.1) is 0 Å². The summed E-state index contributed by atoms with van der Waals surface area (Å²) in [5, 5.41) is 2.84. The maximum absolute atomic E-state index is 13.9. The summed E-state index contributed by atoms with van der Waals surface area (Å²) in [5.41, 5.74) is 4.33. The van der Waals surface area contributed by atoms with Gasteiger partial charge in [0.05, 0.1) is 29.1 Å². The number of rotatable bonds is 10. The van der Waals surface area contributed by atoms with E-state index in [9.17, 15) is 27.6 Å². The van der Waals surface area contributed by atoms with E-state index < -0.39 is 30.5 Å². The first-order valence-corrected chi connectivity index (χ1v) is 14.8. The molecule has 47 heavy (non-hydrogen) atoms. The first-order chi connectivity index (χ1) is 22.7. The summed E-state index contributed by atoms with van der Waals surface area (Å²) >= 11 is 0. The molecule has 0 fully saturated rings. The molecule has 1 unspecified atom stereocenters. The second-order valence-electron chi connectivity index (χ2n) is 10.9. The summed E-state index contributed by atoms with van der Waals surface area (Å²) in [4.78, 5) is 43.5. The molecule has 236 valence electrons. The minimum atomic E-state index is -4.64. The number of ether oxygens (including phenoxy) is 1. The van der Waals surface area contributed by atoms with Crippen LogP contribution in [-0.2, 0) is 9.59 Å². The molecule has 1 atom stereocenters. The van der Waals surface area contributed by atoms with E-state index in [1.54, 1.807) is 78.9 Å². The molecule has 0 saturated heterocycles. The van der Waals surface area contributed by atoms with Crippen molar-refractivity contribution in [2.45, 2.75) is 18.5 Å². The molecule has 0 bridgehead atoms. The van der Waals surface area contributed by atoms with E-state index in [0.29, 0.717) is 61.9 Å². The number of hydrogen-bond donors (Lipinski definition) is 1. The Morgan fingerprint density at radius 3 is 2.28 bits per heavy atom. The van der Waals surface area contributed by atoms with Crippen LogP contribution in [-0.4, -0.2) is 47.3 Å². The van der Waals surface area contributed by atoms with Crippen molar-refractivity contribution in [2.24, 2.45) is 0 Å². The summed E-state index contributed by atoms with van der Waals surface area (Å²) in [5.74, 6) is -1.23. The third kappa shape index (κ3) is 6.76. The van der Waals surface area contributed by atoms with E-state index in [2.05, 4.69) is 10.3 Å². The van der Waals surface area contributed by atoms with Gasteiger partial charge in [0.15, 0.2) is 0 Å². The molecule has 4 aromatic carbocycles. The maximum atomic E-state index is 13.9. The first kappa shape index (κ1) is 31.2. The van der Waals surface area contributed by atoms with Gasteiger partial charge in [-0.2, -0.15) is 13.2 Å². The molecular weight excluding hydrogens is 607 g/mol. The van der Waals surface area contributed by atoms with Crippen molar-refractivity contribution in [3.8, 4) is 33.9 Å². The van der Waals surface area contributed by atoms with Crippen LogP contribution in [0.5, 0.6) is 11.5 Å². The topological polar surface area (TPSA) is 88.6 Å². The fraction of sp³-hybridized carbons (Fsp3) is 0.135. The minimum Gasteiger partial charge on any atom is -0.457 e. The molecule has 0 spiro atoms. The molecule has 0 aliphatic heterocycles. The summed E-state index contributed by atoms with van der Waals surface area (Å²) in [7, 11) is 0. The Hall–Kier alpha value is -5.77. The number of alkyl halides is 3. The molecule has 1 aliphatic carbocycles. The number of amides is 2. The van der Waals surface area contributed by atoms with Gasteiger partial charge in [-0.1, -0.05) is 72.8 Å². The highest BCUT2D eigenvalue weighted by molar-refractivity contribution is 6.06. The van der Waals surface area contributed by atoms with Crippen molar-refractivity contribution in [2.75, 3.05) is 18.4 Å². The van der Waals surface area contributed by atoms with E-state index in [0.717, 1.165) is 5.56 Å². The standard InChI is InChI=1S/C37H28F3N3O4/c38-37(39,40)23-43(20-9-21-44)36(46)34-28-13-5-4-12-26(28)27-15-8-16-29(33(27)34)31-19-18-24(22-41-31)42-35(45)30-14-6-7-17-32(30)47-25-10-2-1-3-11-25/h1-8,10-19,21-22,34H,9,20,23H2,(H,42,45). The highest BCUT2D eigenvalue weighted by Crippen LogP contribution is 2.49. The van der Waals surface area contributed by atoms with Crippen LogP contribution < -0.4 is 10.1 Å². The van der Waals surface area contributed by atoms with Gasteiger partial charge in [0, 0.05) is 18.5 Å². The number of fused-ring (bicyclic) bond motifs is 3. The predicted molar refractivity (Wildman–Crippen MR) is 171 cm³/mol. The Labute approximate surface area is 268 Å². The summed E-state index contributed by atoms with van der Waals surface area (Å²) in [6, 6.07) is 31.8. The lowest BCUT2D eigenvalue weighted by Crippen LogP contribution is -2.42. The quantitative estimate of drug-likeness (QED) is 0.158. The second-order valence-corrected chi connectivity index (χ2v) is 10.9. The molecule has 0 radical (unpaired) electrons. The number of para-hydroxylation sites is 2. The average molecular weight is 636 g/mol. The van der Waals surface area contributed by atoms with Gasteiger partial charge in [0.25, 0.3) is 5.91 Å². The lowest BCUT2D eigenvalue weighted by atomic mass is 9.90. The number of halogens is 3. The molecule has 2 amide bonds. The predicted octanol–water partition coefficient (Wildman–Crippen LogP) is 7.89. The van der Waals surface area contributed by atoms with Gasteiger partial charge in [0.1, 0.15) is 24.3 Å². The van der Waals surface area contributed by atoms with Crippen LogP contribution in [0.15, 0.2) is 115 Å². The van der Waals surface area contributed by atoms with Gasteiger partial charge in [-0.3, -0.25) is 14.6 Å². The number of benzene rings is 4. The van der Waals surface area contributed by atoms with E-state index in [-0.39, 0.29) is 13.0 Å². The average Bonchev–Trinajstić information content (AvgIpc) is 3.41. The number of anilines is 1. The van der Waals surface area contributed by atoms with Gasteiger partial charge in [0.2, 0.25) is 5.91 Å². The van der Waals surface area contributed by atoms with Crippen LogP contribution in [0, 0.1) is 0 Å². The van der Waals surface area contributed by atoms with Gasteiger partial charge < -0.3 is 19.7 Å². The molecule has 1 aromatic heterocycles. The van der Waals surface area contributed by atoms with Gasteiger partial charge in [-0.25, -0.2) is 0 Å². The maximum Gasteiger partial charge on any atom is 0.406 e. The Kier molecular flexibility index (Phi) is 8.83. The van der Waals surface area contributed by atoms with Crippen LogP contribution in [0.25, 0.3) is 22.4 Å². The van der Waals surface area contributed by atoms with E-state index in [1.165, 1.54) is 6.20 Å². The molecule has 6 rings (SSSR count). The monoisotopic (exact) mass is 635 g/mol. The second kappa shape index (κ2) is 13.3. The van der Waals surface area contributed by atoms with Gasteiger partial charge in [-0.05, 0) is 58.7 Å². The number of nitrogens with zero attached hydrogens (tertiary/aromatic N) is 2. The summed E-state index contributed by atoms with van der Waals surface area (Å²) < 4.78 is 46.6. The van der Waals surface area contributed by atoms with E-state index in [4.69, 9.17) is 4.74 Å². The van der Waals surface area contributed by atoms with Gasteiger partial charge >= 0.3 is 6.18 Å². The zero-order valence-electron chi connectivity index (χ0n) is 24.9. The number of pyridine rings is 1. The number of carbonyl (C=O) groups is 3. The molecule has 1 heterocycles. The third-order valence-electron chi connectivity index (χ3n) is 7.80. The molecular formula is C37H28F3N3O4. The van der Waals surface area contributed by atoms with Crippen molar-refractivity contribution in [1.29, 1.82) is 0 Å². The fourth-order valence-electron chi connectivity index (χ4n) is 5.80. The van der Waals surface area contributed by atoms with E-state index >= 15 is 0 Å². The van der Waals surface area contributed by atoms with Crippen LogP contribution in [0.4, 0.5) is 18.9 Å². The van der Waals surface area contributed by atoms with Crippen LogP contribution >= 0.6 is 0 Å². The fourth-order valence-corrected chi connectivity index (χ4v) is 5.80. The number of aromatic nitrogens is 1. The zero-order valence-corrected chi connectivity index (χ0v) is 24.9. The smallest absolute Gasteiger partial charge is 0.406 e. The Morgan fingerprint density at radius 1 is 0.830 bits per heavy atom. The number of carbonyl (C=O) groups excluding carboxylic acids is 3. The molecule has 0 saturated carbocycles. The third-order valence-corrected chi connectivity index (χ3v) is 7.80. The molecule has 10 heteroatoms. The number of nitrogens with one attached hydrogen (secondary N) is 1. The summed E-state index contributed by atoms with van der Waals surface area (Å²) in [6.07, 6.45) is -2.89. The minimum absolute atomic E-state index is 0.220. The van der Waals surface area contributed by atoms with E-state index in [1.807, 2.05) is 30.3 Å². The Balaban J connectivity index is 1.30. The highest BCUT2D eigenvalue weighted by Gasteiger charge is 2.41. The highest BCUT2D eigenvalue weighted by atomic mass is 19.4. The lowest BCUT2D eigenvalue weighted by molar-refractivity contribution is -0.161. The van der Waals surface area contributed by atoms with Crippen LogP contribution in [0.1, 0.15) is 33.8 Å². The largest absolute Gasteiger partial charge is 0.457 e. The lowest BCUT2D eigenvalue weighted by Gasteiger charge is -2.27. The molecule has 1 aliphatic rings. The van der Waals surface area contributed by atoms with Crippen molar-refractivity contribution in [1.82, 2.24) is 9.88 Å². The van der Waals surface area contributed by atoms with Crippen molar-refractivity contribution >= 4 is 23.8 Å². The van der Waals surface area contributed by atoms with Crippen LogP contribution in [0.2, 0.25) is 0 Å². The Morgan fingerprint density at radius 2 is 1.53 bits per heavy atom. The first-order valence-electron chi connectivity index (χ1n) is 14.8. The van der Waals surface area contributed by atoms with Crippen LogP contribution in [0.3, 0.4) is 0 Å². The van der Waals surface area contributed by atoms with Crippen molar-refractivity contribution < 1.29 is 32.3 Å². The van der Waals surface area contributed by atoms with Crippen molar-refractivity contribution in [3.05, 3.63) is 132 Å². The Bertz CT molecular complexity index is 1930. The molecule has 1 N–H and O–H groups in total. The zero-order chi connectivity index (χ0) is 33.0. The SMILES string of the molecule is O=CCCN(CC(F)(F)F)C(=O)C1c2ccccc2-c2cccc(-c3ccc(NC(=O)c4ccccc4Oc4ccccc4)cn3)c21. The summed E-state index contributed by atoms with van der Waals surface area (Å²) in [6.45, 7) is -1.83.